The summed E-state index contributed by atoms with van der Waals surface area (Å²) in [5.41, 5.74) is 4.06. The van der Waals surface area contributed by atoms with Gasteiger partial charge < -0.3 is 4.90 Å². The number of hydrogen-bond donors (Lipinski definition) is 0. The zero-order valence-corrected chi connectivity index (χ0v) is 16.3. The first-order valence-electron chi connectivity index (χ1n) is 8.73. The Labute approximate surface area is 151 Å². The van der Waals surface area contributed by atoms with E-state index in [-0.39, 0.29) is 0 Å². The van der Waals surface area contributed by atoms with Crippen molar-refractivity contribution < 1.29 is 0 Å². The summed E-state index contributed by atoms with van der Waals surface area (Å²) in [5.74, 6) is 0.489. The van der Waals surface area contributed by atoms with Crippen molar-refractivity contribution in [1.29, 1.82) is 0 Å². The lowest BCUT2D eigenvalue weighted by Gasteiger charge is -2.36. The number of nitrogens with zero attached hydrogens (tertiary/aromatic N) is 1. The average molecular weight is 340 g/mol. The summed E-state index contributed by atoms with van der Waals surface area (Å²) in [4.78, 5) is 3.92. The first kappa shape index (κ1) is 18.7. The first-order chi connectivity index (χ1) is 11.6. The Kier molecular flexibility index (Phi) is 6.99. The van der Waals surface area contributed by atoms with Crippen LogP contribution in [-0.4, -0.2) is 12.3 Å². The van der Waals surface area contributed by atoms with E-state index in [0.29, 0.717) is 12.0 Å². The van der Waals surface area contributed by atoms with Gasteiger partial charge in [0.25, 0.3) is 0 Å². The molecule has 0 saturated heterocycles. The van der Waals surface area contributed by atoms with Gasteiger partial charge in [-0.1, -0.05) is 55.8 Å². The van der Waals surface area contributed by atoms with Crippen LogP contribution >= 0.6 is 11.8 Å². The lowest BCUT2D eigenvalue weighted by Crippen LogP contribution is -2.35. The molecule has 2 atom stereocenters. The maximum absolute atomic E-state index is 2.47. The number of anilines is 2. The van der Waals surface area contributed by atoms with Crippen molar-refractivity contribution in [3.63, 3.8) is 0 Å². The van der Waals surface area contributed by atoms with Crippen LogP contribution in [0.1, 0.15) is 34.1 Å². The van der Waals surface area contributed by atoms with E-state index in [4.69, 9.17) is 0 Å². The van der Waals surface area contributed by atoms with Gasteiger partial charge in [0.1, 0.15) is 0 Å². The maximum Gasteiger partial charge on any atom is 0.0413 e. The van der Waals surface area contributed by atoms with Crippen LogP contribution in [0.25, 0.3) is 0 Å². The third-order valence-electron chi connectivity index (χ3n) is 4.89. The Bertz CT molecular complexity index is 609. The summed E-state index contributed by atoms with van der Waals surface area (Å²) in [6, 6.07) is 21.8. The minimum atomic E-state index is 0.381. The van der Waals surface area contributed by atoms with Crippen LogP contribution in [0.4, 0.5) is 11.4 Å². The standard InChI is InChI=1S/C22H29NS/c1-6-22(19(4)24-5)17(2)18(3)23(20-13-9-7-10-14-20)21-15-11-8-12-16-21/h7-18H,6H2,1-5H3/b22-19+/t17?,18-/m0/s1. The maximum atomic E-state index is 2.47. The van der Waals surface area contributed by atoms with Crippen molar-refractivity contribution in [2.75, 3.05) is 11.2 Å². The molecule has 2 aromatic carbocycles. The van der Waals surface area contributed by atoms with Gasteiger partial charge in [-0.3, -0.25) is 0 Å². The highest BCUT2D eigenvalue weighted by atomic mass is 32.2. The minimum Gasteiger partial charge on any atom is -0.338 e. The Morgan fingerprint density at radius 3 is 1.75 bits per heavy atom. The van der Waals surface area contributed by atoms with Gasteiger partial charge in [-0.05, 0) is 61.6 Å². The molecule has 1 nitrogen and oxygen atoms in total. The third-order valence-corrected chi connectivity index (χ3v) is 5.76. The largest absolute Gasteiger partial charge is 0.338 e. The molecule has 24 heavy (non-hydrogen) atoms. The second kappa shape index (κ2) is 8.98. The number of benzene rings is 2. The monoisotopic (exact) mass is 339 g/mol. The molecular formula is C22H29NS. The Morgan fingerprint density at radius 1 is 0.917 bits per heavy atom. The van der Waals surface area contributed by atoms with E-state index in [9.17, 15) is 0 Å². The Morgan fingerprint density at radius 2 is 1.38 bits per heavy atom. The van der Waals surface area contributed by atoms with Gasteiger partial charge in [-0.25, -0.2) is 0 Å². The quantitative estimate of drug-likeness (QED) is 0.540. The van der Waals surface area contributed by atoms with Gasteiger partial charge in [0, 0.05) is 17.4 Å². The summed E-state index contributed by atoms with van der Waals surface area (Å²) in [7, 11) is 0. The Balaban J connectivity index is 2.44. The highest BCUT2D eigenvalue weighted by Crippen LogP contribution is 2.35. The number of thioether (sulfide) groups is 1. The summed E-state index contributed by atoms with van der Waals surface area (Å²) >= 11 is 1.87. The molecule has 2 heteroatoms. The molecule has 0 heterocycles. The van der Waals surface area contributed by atoms with Gasteiger partial charge in [0.2, 0.25) is 0 Å². The molecule has 0 aromatic heterocycles. The zero-order chi connectivity index (χ0) is 17.5. The molecule has 0 radical (unpaired) electrons. The predicted molar refractivity (Wildman–Crippen MR) is 110 cm³/mol. The van der Waals surface area contributed by atoms with E-state index >= 15 is 0 Å². The fourth-order valence-corrected chi connectivity index (χ4v) is 3.93. The molecule has 0 spiro atoms. The van der Waals surface area contributed by atoms with Crippen molar-refractivity contribution >= 4 is 23.1 Å². The number of allylic oxidation sites excluding steroid dienone is 1. The average Bonchev–Trinajstić information content (AvgIpc) is 2.64. The number of para-hydroxylation sites is 2. The molecule has 128 valence electrons. The summed E-state index contributed by atoms with van der Waals surface area (Å²) in [6.45, 7) is 9.23. The molecule has 0 aliphatic heterocycles. The van der Waals surface area contributed by atoms with Crippen molar-refractivity contribution in [2.45, 2.75) is 40.2 Å². The van der Waals surface area contributed by atoms with Gasteiger partial charge in [0.05, 0.1) is 0 Å². The van der Waals surface area contributed by atoms with Crippen molar-refractivity contribution in [3.8, 4) is 0 Å². The molecule has 0 aliphatic carbocycles. The fourth-order valence-electron chi connectivity index (χ4n) is 3.33. The molecule has 0 N–H and O–H groups in total. The van der Waals surface area contributed by atoms with Crippen molar-refractivity contribution in [2.24, 2.45) is 5.92 Å². The summed E-state index contributed by atoms with van der Waals surface area (Å²) in [6.07, 6.45) is 3.28. The van der Waals surface area contributed by atoms with E-state index < -0.39 is 0 Å². The molecule has 1 unspecified atom stereocenters. The van der Waals surface area contributed by atoms with Gasteiger partial charge in [-0.2, -0.15) is 0 Å². The van der Waals surface area contributed by atoms with E-state index in [1.165, 1.54) is 16.3 Å². The SMILES string of the molecule is CC/C(=C(/C)SC)C(C)[C@H](C)N(c1ccccc1)c1ccccc1. The summed E-state index contributed by atoms with van der Waals surface area (Å²) in [5, 5.41) is 0. The first-order valence-corrected chi connectivity index (χ1v) is 9.95. The smallest absolute Gasteiger partial charge is 0.0413 e. The molecule has 0 bridgehead atoms. The van der Waals surface area contributed by atoms with Crippen molar-refractivity contribution in [1.82, 2.24) is 0 Å². The summed E-state index contributed by atoms with van der Waals surface area (Å²) < 4.78 is 0. The van der Waals surface area contributed by atoms with Crippen LogP contribution in [0, 0.1) is 5.92 Å². The lowest BCUT2D eigenvalue weighted by atomic mass is 9.90. The van der Waals surface area contributed by atoms with Crippen molar-refractivity contribution in [3.05, 3.63) is 71.1 Å². The Hall–Kier alpha value is -1.67. The molecular weight excluding hydrogens is 310 g/mol. The van der Waals surface area contributed by atoms with Crippen LogP contribution in [0.5, 0.6) is 0 Å². The van der Waals surface area contributed by atoms with Crippen LogP contribution in [0.15, 0.2) is 71.1 Å². The predicted octanol–water partition coefficient (Wildman–Crippen LogP) is 6.90. The number of rotatable bonds is 7. The molecule has 0 aliphatic rings. The van der Waals surface area contributed by atoms with Gasteiger partial charge >= 0.3 is 0 Å². The van der Waals surface area contributed by atoms with Crippen LogP contribution in [0.3, 0.4) is 0 Å². The minimum absolute atomic E-state index is 0.381. The van der Waals surface area contributed by atoms with E-state index in [1.807, 2.05) is 11.8 Å². The second-order valence-electron chi connectivity index (χ2n) is 6.21. The lowest BCUT2D eigenvalue weighted by molar-refractivity contribution is 0.528. The molecule has 2 rings (SSSR count). The number of hydrogen-bond acceptors (Lipinski definition) is 2. The van der Waals surface area contributed by atoms with Crippen LogP contribution < -0.4 is 4.90 Å². The van der Waals surface area contributed by atoms with E-state index in [0.717, 1.165) is 6.42 Å². The molecule has 0 saturated carbocycles. The topological polar surface area (TPSA) is 3.24 Å². The molecule has 0 fully saturated rings. The molecule has 0 amide bonds. The fraction of sp³-hybridized carbons (Fsp3) is 0.364. The highest BCUT2D eigenvalue weighted by Gasteiger charge is 2.25. The van der Waals surface area contributed by atoms with Gasteiger partial charge in [-0.15, -0.1) is 11.8 Å². The zero-order valence-electron chi connectivity index (χ0n) is 15.5. The van der Waals surface area contributed by atoms with Gasteiger partial charge in [0.15, 0.2) is 0 Å². The highest BCUT2D eigenvalue weighted by molar-refractivity contribution is 8.02. The van der Waals surface area contributed by atoms with E-state index in [1.54, 1.807) is 5.57 Å². The molecule has 2 aromatic rings. The third kappa shape index (κ3) is 4.24. The normalized spacial score (nSPS) is 14.7. The van der Waals surface area contributed by atoms with E-state index in [2.05, 4.69) is 99.5 Å². The van der Waals surface area contributed by atoms with Crippen LogP contribution in [-0.2, 0) is 0 Å². The van der Waals surface area contributed by atoms with Crippen LogP contribution in [0.2, 0.25) is 0 Å². The second-order valence-corrected chi connectivity index (χ2v) is 7.23.